The molecule has 1 aromatic heterocycles. The third-order valence-electron chi connectivity index (χ3n) is 5.79. The minimum Gasteiger partial charge on any atom is -0.496 e. The van der Waals surface area contributed by atoms with Crippen molar-refractivity contribution in [1.82, 2.24) is 14.8 Å². The van der Waals surface area contributed by atoms with Gasteiger partial charge in [-0.1, -0.05) is 12.1 Å². The average molecular weight is 410 g/mol. The summed E-state index contributed by atoms with van der Waals surface area (Å²) in [6, 6.07) is 9.88. The fourth-order valence-corrected chi connectivity index (χ4v) is 3.96. The maximum Gasteiger partial charge on any atom is 0.254 e. The Hall–Kier alpha value is -2.89. The van der Waals surface area contributed by atoms with Crippen LogP contribution in [0.15, 0.2) is 36.5 Å². The molecule has 1 aromatic carbocycles. The van der Waals surface area contributed by atoms with Crippen molar-refractivity contribution in [2.75, 3.05) is 34.3 Å². The molecule has 0 N–H and O–H groups in total. The molecule has 1 aliphatic rings. The van der Waals surface area contributed by atoms with Gasteiger partial charge in [0.1, 0.15) is 5.75 Å². The molecule has 2 aromatic rings. The second kappa shape index (κ2) is 9.74. The zero-order valence-electron chi connectivity index (χ0n) is 18.4. The fourth-order valence-electron chi connectivity index (χ4n) is 3.96. The van der Waals surface area contributed by atoms with Gasteiger partial charge in [-0.15, -0.1) is 0 Å². The molecule has 3 rings (SSSR count). The van der Waals surface area contributed by atoms with E-state index in [9.17, 15) is 9.59 Å². The first-order valence-corrected chi connectivity index (χ1v) is 10.5. The van der Waals surface area contributed by atoms with E-state index in [-0.39, 0.29) is 11.8 Å². The Balaban J connectivity index is 1.49. The van der Waals surface area contributed by atoms with Crippen molar-refractivity contribution in [1.29, 1.82) is 0 Å². The lowest BCUT2D eigenvalue weighted by Crippen LogP contribution is -2.38. The second-order valence-electron chi connectivity index (χ2n) is 8.13. The molecule has 1 fully saturated rings. The minimum atomic E-state index is -0.0403. The zero-order chi connectivity index (χ0) is 21.7. The summed E-state index contributed by atoms with van der Waals surface area (Å²) in [5.41, 5.74) is 3.86. The second-order valence-corrected chi connectivity index (χ2v) is 8.13. The van der Waals surface area contributed by atoms with Crippen LogP contribution in [0.4, 0.5) is 0 Å². The van der Waals surface area contributed by atoms with Crippen molar-refractivity contribution in [2.24, 2.45) is 0 Å². The van der Waals surface area contributed by atoms with Crippen LogP contribution < -0.4 is 4.74 Å². The monoisotopic (exact) mass is 409 g/mol. The van der Waals surface area contributed by atoms with Crippen LogP contribution in [0.3, 0.4) is 0 Å². The smallest absolute Gasteiger partial charge is 0.254 e. The molecule has 2 heterocycles. The van der Waals surface area contributed by atoms with Gasteiger partial charge in [-0.25, -0.2) is 0 Å². The van der Waals surface area contributed by atoms with Crippen molar-refractivity contribution in [3.8, 4) is 5.75 Å². The van der Waals surface area contributed by atoms with Crippen LogP contribution in [0.2, 0.25) is 0 Å². The van der Waals surface area contributed by atoms with Crippen LogP contribution in [0.1, 0.15) is 52.4 Å². The molecule has 0 bridgehead atoms. The van der Waals surface area contributed by atoms with Crippen LogP contribution >= 0.6 is 0 Å². The first-order valence-electron chi connectivity index (χ1n) is 10.5. The summed E-state index contributed by atoms with van der Waals surface area (Å²) in [6.07, 6.45) is 4.73. The molecule has 6 nitrogen and oxygen atoms in total. The van der Waals surface area contributed by atoms with Gasteiger partial charge in [0.2, 0.25) is 5.91 Å². The van der Waals surface area contributed by atoms with Crippen molar-refractivity contribution in [3.05, 3.63) is 58.9 Å². The van der Waals surface area contributed by atoms with E-state index < -0.39 is 0 Å². The van der Waals surface area contributed by atoms with Gasteiger partial charge in [0, 0.05) is 51.4 Å². The van der Waals surface area contributed by atoms with Crippen LogP contribution in [0, 0.1) is 6.92 Å². The Bertz CT molecular complexity index is 885. The molecule has 2 amide bonds. The van der Waals surface area contributed by atoms with Gasteiger partial charge in [-0.2, -0.15) is 0 Å². The normalized spacial score (nSPS) is 14.5. The van der Waals surface area contributed by atoms with Gasteiger partial charge in [-0.3, -0.25) is 14.6 Å². The van der Waals surface area contributed by atoms with Crippen molar-refractivity contribution in [3.63, 3.8) is 0 Å². The largest absolute Gasteiger partial charge is 0.496 e. The van der Waals surface area contributed by atoms with Crippen molar-refractivity contribution < 1.29 is 14.3 Å². The third-order valence-corrected chi connectivity index (χ3v) is 5.79. The molecule has 0 aliphatic carbocycles. The highest BCUT2D eigenvalue weighted by Gasteiger charge is 2.24. The molecular formula is C24H31N3O3. The summed E-state index contributed by atoms with van der Waals surface area (Å²) < 4.78 is 5.30. The van der Waals surface area contributed by atoms with E-state index >= 15 is 0 Å². The highest BCUT2D eigenvalue weighted by atomic mass is 16.5. The van der Waals surface area contributed by atoms with Gasteiger partial charge in [0.25, 0.3) is 5.91 Å². The van der Waals surface area contributed by atoms with E-state index in [0.717, 1.165) is 54.9 Å². The van der Waals surface area contributed by atoms with Gasteiger partial charge in [0.05, 0.1) is 12.7 Å². The zero-order valence-corrected chi connectivity index (χ0v) is 18.4. The maximum absolute atomic E-state index is 12.6. The number of piperidine rings is 1. The maximum atomic E-state index is 12.6. The van der Waals surface area contributed by atoms with Crippen molar-refractivity contribution >= 4 is 11.8 Å². The van der Waals surface area contributed by atoms with Gasteiger partial charge in [-0.05, 0) is 55.5 Å². The minimum absolute atomic E-state index is 0.0403. The molecule has 1 saturated heterocycles. The Morgan fingerprint density at radius 2 is 1.90 bits per heavy atom. The number of aryl methyl sites for hydroxylation is 2. The van der Waals surface area contributed by atoms with E-state index in [1.54, 1.807) is 32.3 Å². The molecule has 0 radical (unpaired) electrons. The molecular weight excluding hydrogens is 378 g/mol. The number of rotatable bonds is 6. The number of ether oxygens (including phenoxy) is 1. The van der Waals surface area contributed by atoms with Gasteiger partial charge >= 0.3 is 0 Å². The van der Waals surface area contributed by atoms with E-state index in [0.29, 0.717) is 17.9 Å². The summed E-state index contributed by atoms with van der Waals surface area (Å²) in [6.45, 7) is 3.53. The Kier molecular flexibility index (Phi) is 7.08. The summed E-state index contributed by atoms with van der Waals surface area (Å²) in [7, 11) is 5.14. The van der Waals surface area contributed by atoms with E-state index in [4.69, 9.17) is 4.74 Å². The number of carbonyl (C=O) groups is 2. The SMILES string of the molecule is COc1ccc(CCC(=O)N2CCC(c3ccc(C(=O)N(C)C)cn3)CC2)cc1C. The van der Waals surface area contributed by atoms with E-state index in [2.05, 4.69) is 11.1 Å². The summed E-state index contributed by atoms with van der Waals surface area (Å²) >= 11 is 0. The number of carbonyl (C=O) groups excluding carboxylic acids is 2. The number of aromatic nitrogens is 1. The number of benzene rings is 1. The number of nitrogens with zero attached hydrogens (tertiary/aromatic N) is 3. The van der Waals surface area contributed by atoms with Gasteiger partial charge in [0.15, 0.2) is 0 Å². The number of amides is 2. The Morgan fingerprint density at radius 1 is 1.17 bits per heavy atom. The number of hydrogen-bond acceptors (Lipinski definition) is 4. The number of hydrogen-bond donors (Lipinski definition) is 0. The Labute approximate surface area is 178 Å². The summed E-state index contributed by atoms with van der Waals surface area (Å²) in [5, 5.41) is 0. The highest BCUT2D eigenvalue weighted by molar-refractivity contribution is 5.93. The van der Waals surface area contributed by atoms with Crippen LogP contribution in [0.5, 0.6) is 5.75 Å². The molecule has 1 aliphatic heterocycles. The van der Waals surface area contributed by atoms with E-state index in [1.807, 2.05) is 36.1 Å². The predicted octanol–water partition coefficient (Wildman–Crippen LogP) is 3.44. The quantitative estimate of drug-likeness (QED) is 0.733. The number of likely N-dealkylation sites (tertiary alicyclic amines) is 1. The first kappa shape index (κ1) is 21.8. The number of pyridine rings is 1. The summed E-state index contributed by atoms with van der Waals surface area (Å²) in [4.78, 5) is 32.7. The predicted molar refractivity (Wildman–Crippen MR) is 117 cm³/mol. The lowest BCUT2D eigenvalue weighted by Gasteiger charge is -2.32. The standard InChI is InChI=1S/C24H31N3O3/c1-17-15-18(5-9-22(17)30-4)6-10-23(28)27-13-11-19(12-14-27)21-8-7-20(16-25-21)24(29)26(2)3/h5,7-9,15-16,19H,6,10-14H2,1-4H3. The molecule has 6 heteroatoms. The molecule has 160 valence electrons. The average Bonchev–Trinajstić information content (AvgIpc) is 2.77. The van der Waals surface area contributed by atoms with Crippen LogP contribution in [-0.4, -0.2) is 60.9 Å². The van der Waals surface area contributed by atoms with Crippen molar-refractivity contribution in [2.45, 2.75) is 38.5 Å². The summed E-state index contributed by atoms with van der Waals surface area (Å²) in [5.74, 6) is 1.38. The molecule has 0 spiro atoms. The van der Waals surface area contributed by atoms with E-state index in [1.165, 1.54) is 0 Å². The van der Waals surface area contributed by atoms with Crippen LogP contribution in [0.25, 0.3) is 0 Å². The topological polar surface area (TPSA) is 62.7 Å². The third kappa shape index (κ3) is 5.17. The first-order chi connectivity index (χ1) is 14.4. The lowest BCUT2D eigenvalue weighted by molar-refractivity contribution is -0.132. The van der Waals surface area contributed by atoms with Gasteiger partial charge < -0.3 is 14.5 Å². The molecule has 0 atom stereocenters. The number of methoxy groups -OCH3 is 1. The highest BCUT2D eigenvalue weighted by Crippen LogP contribution is 2.27. The molecule has 0 unspecified atom stereocenters. The fraction of sp³-hybridized carbons (Fsp3) is 0.458. The lowest BCUT2D eigenvalue weighted by atomic mass is 9.92. The Morgan fingerprint density at radius 3 is 2.47 bits per heavy atom. The molecule has 30 heavy (non-hydrogen) atoms. The van der Waals surface area contributed by atoms with Crippen LogP contribution in [-0.2, 0) is 11.2 Å². The molecule has 0 saturated carbocycles.